The fourth-order valence-corrected chi connectivity index (χ4v) is 2.88. The first-order chi connectivity index (χ1) is 4.66. The van der Waals surface area contributed by atoms with Crippen molar-refractivity contribution in [1.82, 2.24) is 0 Å². The minimum atomic E-state index is -0.315. The molecule has 2 bridgehead atoms. The molecule has 0 heterocycles. The van der Waals surface area contributed by atoms with Gasteiger partial charge in [-0.05, 0) is 38.0 Å². The van der Waals surface area contributed by atoms with E-state index in [0.29, 0.717) is 0 Å². The molecule has 0 aromatic carbocycles. The van der Waals surface area contributed by atoms with Crippen molar-refractivity contribution in [3.8, 4) is 0 Å². The zero-order valence-electron chi connectivity index (χ0n) is 6.64. The molecule has 2 rings (SSSR count). The van der Waals surface area contributed by atoms with E-state index in [-0.39, 0.29) is 5.60 Å². The average molecular weight is 140 g/mol. The van der Waals surface area contributed by atoms with E-state index in [1.54, 1.807) is 0 Å². The van der Waals surface area contributed by atoms with Gasteiger partial charge in [-0.3, -0.25) is 0 Å². The summed E-state index contributed by atoms with van der Waals surface area (Å²) in [4.78, 5) is 0. The van der Waals surface area contributed by atoms with Crippen LogP contribution in [0, 0.1) is 11.8 Å². The number of hydrogen-bond donors (Lipinski definition) is 1. The zero-order valence-corrected chi connectivity index (χ0v) is 6.64. The molecule has 2 fully saturated rings. The van der Waals surface area contributed by atoms with Crippen molar-refractivity contribution in [2.75, 3.05) is 0 Å². The van der Waals surface area contributed by atoms with E-state index in [9.17, 15) is 5.11 Å². The van der Waals surface area contributed by atoms with E-state index in [0.717, 1.165) is 24.7 Å². The van der Waals surface area contributed by atoms with Crippen LogP contribution in [0.2, 0.25) is 0 Å². The molecule has 0 aliphatic heterocycles. The van der Waals surface area contributed by atoms with Crippen LogP contribution in [-0.4, -0.2) is 10.7 Å². The maximum Gasteiger partial charge on any atom is 0.0625 e. The van der Waals surface area contributed by atoms with E-state index in [4.69, 9.17) is 0 Å². The standard InChI is InChI=1S/C9H16O/c1-9(10)5-7-2-3-8(4-7)6-9/h7-8,10H,2-6H2,1H3. The number of fused-ring (bicyclic) bond motifs is 2. The average Bonchev–Trinajstić information content (AvgIpc) is 2.08. The Morgan fingerprint density at radius 3 is 2.20 bits per heavy atom. The van der Waals surface area contributed by atoms with Gasteiger partial charge < -0.3 is 5.11 Å². The van der Waals surface area contributed by atoms with E-state index in [1.807, 2.05) is 6.92 Å². The number of aliphatic hydroxyl groups is 1. The first-order valence-electron chi connectivity index (χ1n) is 4.38. The summed E-state index contributed by atoms with van der Waals surface area (Å²) in [6, 6.07) is 0. The Balaban J connectivity index is 2.09. The summed E-state index contributed by atoms with van der Waals surface area (Å²) in [5.41, 5.74) is -0.315. The minimum absolute atomic E-state index is 0.315. The summed E-state index contributed by atoms with van der Waals surface area (Å²) in [7, 11) is 0. The molecule has 1 heteroatoms. The third kappa shape index (κ3) is 1.07. The molecule has 0 amide bonds. The van der Waals surface area contributed by atoms with E-state index < -0.39 is 0 Å². The molecule has 2 unspecified atom stereocenters. The first kappa shape index (κ1) is 6.66. The monoisotopic (exact) mass is 140 g/mol. The van der Waals surface area contributed by atoms with Crippen LogP contribution in [0.25, 0.3) is 0 Å². The second-order valence-electron chi connectivity index (χ2n) is 4.45. The Bertz CT molecular complexity index is 126. The van der Waals surface area contributed by atoms with Crippen LogP contribution in [0.3, 0.4) is 0 Å². The lowest BCUT2D eigenvalue weighted by atomic mass is 9.79. The molecule has 0 aromatic heterocycles. The summed E-state index contributed by atoms with van der Waals surface area (Å²) in [5, 5.41) is 9.76. The number of rotatable bonds is 0. The summed E-state index contributed by atoms with van der Waals surface area (Å²) in [6.45, 7) is 2.00. The fourth-order valence-electron chi connectivity index (χ4n) is 2.88. The molecule has 0 spiro atoms. The van der Waals surface area contributed by atoms with Crippen LogP contribution in [-0.2, 0) is 0 Å². The van der Waals surface area contributed by atoms with Crippen LogP contribution < -0.4 is 0 Å². The first-order valence-corrected chi connectivity index (χ1v) is 4.38. The van der Waals surface area contributed by atoms with Crippen LogP contribution in [0.5, 0.6) is 0 Å². The van der Waals surface area contributed by atoms with Crippen LogP contribution in [0.4, 0.5) is 0 Å². The van der Waals surface area contributed by atoms with Crippen molar-refractivity contribution in [3.05, 3.63) is 0 Å². The maximum absolute atomic E-state index is 9.76. The predicted molar refractivity (Wildman–Crippen MR) is 40.7 cm³/mol. The zero-order chi connectivity index (χ0) is 7.19. The topological polar surface area (TPSA) is 20.2 Å². The molecular formula is C9H16O. The molecule has 2 atom stereocenters. The molecule has 0 aromatic rings. The van der Waals surface area contributed by atoms with Crippen molar-refractivity contribution >= 4 is 0 Å². The molecule has 1 nitrogen and oxygen atoms in total. The van der Waals surface area contributed by atoms with Gasteiger partial charge in [0.1, 0.15) is 0 Å². The Morgan fingerprint density at radius 2 is 1.70 bits per heavy atom. The van der Waals surface area contributed by atoms with Gasteiger partial charge in [0.15, 0.2) is 0 Å². The second kappa shape index (κ2) is 1.97. The van der Waals surface area contributed by atoms with Crippen LogP contribution in [0.15, 0.2) is 0 Å². The molecular weight excluding hydrogens is 124 g/mol. The van der Waals surface area contributed by atoms with Gasteiger partial charge in [-0.25, -0.2) is 0 Å². The fraction of sp³-hybridized carbons (Fsp3) is 1.00. The van der Waals surface area contributed by atoms with Gasteiger partial charge in [0, 0.05) is 0 Å². The molecule has 1 N–H and O–H groups in total. The minimum Gasteiger partial charge on any atom is -0.390 e. The molecule has 58 valence electrons. The lowest BCUT2D eigenvalue weighted by Crippen LogP contribution is -2.32. The lowest BCUT2D eigenvalue weighted by molar-refractivity contribution is -0.00326. The van der Waals surface area contributed by atoms with E-state index in [1.165, 1.54) is 19.3 Å². The number of hydrogen-bond acceptors (Lipinski definition) is 1. The van der Waals surface area contributed by atoms with Crippen LogP contribution in [0.1, 0.15) is 39.0 Å². The van der Waals surface area contributed by atoms with Gasteiger partial charge in [-0.2, -0.15) is 0 Å². The largest absolute Gasteiger partial charge is 0.390 e. The maximum atomic E-state index is 9.76. The van der Waals surface area contributed by atoms with Gasteiger partial charge >= 0.3 is 0 Å². The Hall–Kier alpha value is -0.0400. The second-order valence-corrected chi connectivity index (χ2v) is 4.45. The van der Waals surface area contributed by atoms with Crippen molar-refractivity contribution < 1.29 is 5.11 Å². The van der Waals surface area contributed by atoms with Crippen molar-refractivity contribution in [3.63, 3.8) is 0 Å². The normalized spacial score (nSPS) is 53.4. The highest BCUT2D eigenvalue weighted by Gasteiger charge is 2.39. The van der Waals surface area contributed by atoms with E-state index >= 15 is 0 Å². The summed E-state index contributed by atoms with van der Waals surface area (Å²) < 4.78 is 0. The molecule has 10 heavy (non-hydrogen) atoms. The predicted octanol–water partition coefficient (Wildman–Crippen LogP) is 1.95. The lowest BCUT2D eigenvalue weighted by Gasteiger charge is -2.32. The SMILES string of the molecule is CC1(O)CC2CCC(C2)C1. The van der Waals surface area contributed by atoms with Crippen molar-refractivity contribution in [2.45, 2.75) is 44.6 Å². The molecule has 2 aliphatic carbocycles. The summed E-state index contributed by atoms with van der Waals surface area (Å²) in [5.74, 6) is 1.71. The Kier molecular flexibility index (Phi) is 1.31. The van der Waals surface area contributed by atoms with Gasteiger partial charge in [-0.15, -0.1) is 0 Å². The molecule has 0 radical (unpaired) electrons. The molecule has 0 saturated heterocycles. The quantitative estimate of drug-likeness (QED) is 0.545. The highest BCUT2D eigenvalue weighted by Crippen LogP contribution is 2.45. The van der Waals surface area contributed by atoms with Gasteiger partial charge in [0.05, 0.1) is 5.60 Å². The van der Waals surface area contributed by atoms with Crippen molar-refractivity contribution in [1.29, 1.82) is 0 Å². The van der Waals surface area contributed by atoms with E-state index in [2.05, 4.69) is 0 Å². The smallest absolute Gasteiger partial charge is 0.0625 e. The Labute approximate surface area is 62.4 Å². The van der Waals surface area contributed by atoms with Gasteiger partial charge in [-0.1, -0.05) is 12.8 Å². The summed E-state index contributed by atoms with van der Waals surface area (Å²) in [6.07, 6.45) is 6.27. The van der Waals surface area contributed by atoms with Gasteiger partial charge in [0.25, 0.3) is 0 Å². The third-order valence-corrected chi connectivity index (χ3v) is 3.11. The third-order valence-electron chi connectivity index (χ3n) is 3.11. The van der Waals surface area contributed by atoms with Crippen LogP contribution >= 0.6 is 0 Å². The highest BCUT2D eigenvalue weighted by atomic mass is 16.3. The molecule has 2 aliphatic rings. The summed E-state index contributed by atoms with van der Waals surface area (Å²) >= 11 is 0. The highest BCUT2D eigenvalue weighted by molar-refractivity contribution is 4.91. The van der Waals surface area contributed by atoms with Gasteiger partial charge in [0.2, 0.25) is 0 Å². The molecule has 2 saturated carbocycles. The Morgan fingerprint density at radius 1 is 1.20 bits per heavy atom. The van der Waals surface area contributed by atoms with Crippen molar-refractivity contribution in [2.24, 2.45) is 11.8 Å².